The van der Waals surface area contributed by atoms with Crippen molar-refractivity contribution in [3.05, 3.63) is 24.3 Å². The van der Waals surface area contributed by atoms with Crippen molar-refractivity contribution in [2.75, 3.05) is 13.2 Å². The summed E-state index contributed by atoms with van der Waals surface area (Å²) in [6, 6.07) is 0. The van der Waals surface area contributed by atoms with E-state index in [1.807, 2.05) is 0 Å². The number of aromatic nitrogens is 2. The van der Waals surface area contributed by atoms with Crippen LogP contribution in [0.15, 0.2) is 18.6 Å². The van der Waals surface area contributed by atoms with Crippen molar-refractivity contribution in [3.63, 3.8) is 0 Å². The van der Waals surface area contributed by atoms with Crippen LogP contribution in [-0.4, -0.2) is 29.1 Å². The number of carbonyl (C=O) groups excluding carboxylic acids is 1. The molecule has 5 heteroatoms. The van der Waals surface area contributed by atoms with E-state index >= 15 is 0 Å². The van der Waals surface area contributed by atoms with E-state index in [2.05, 4.69) is 15.3 Å². The second-order valence-electron chi connectivity index (χ2n) is 2.93. The maximum Gasteiger partial charge on any atom is 0.307 e. The lowest BCUT2D eigenvalue weighted by Crippen LogP contribution is -2.19. The van der Waals surface area contributed by atoms with Gasteiger partial charge in [-0.05, 0) is 6.92 Å². The average Bonchev–Trinajstić information content (AvgIpc) is 2.26. The van der Waals surface area contributed by atoms with E-state index in [4.69, 9.17) is 4.74 Å². The van der Waals surface area contributed by atoms with Crippen LogP contribution in [-0.2, 0) is 16.1 Å². The minimum absolute atomic E-state index is 0.177. The van der Waals surface area contributed by atoms with Gasteiger partial charge >= 0.3 is 5.97 Å². The van der Waals surface area contributed by atoms with Gasteiger partial charge in [0.25, 0.3) is 0 Å². The van der Waals surface area contributed by atoms with Crippen LogP contribution in [0, 0.1) is 0 Å². The highest BCUT2D eigenvalue weighted by Gasteiger charge is 2.00. The van der Waals surface area contributed by atoms with Gasteiger partial charge in [-0.15, -0.1) is 0 Å². The molecule has 5 nitrogen and oxygen atoms in total. The molecule has 0 bridgehead atoms. The fourth-order valence-corrected chi connectivity index (χ4v) is 1.06. The van der Waals surface area contributed by atoms with Gasteiger partial charge in [0, 0.05) is 31.7 Å². The third kappa shape index (κ3) is 5.07. The maximum atomic E-state index is 11.0. The van der Waals surface area contributed by atoms with Crippen molar-refractivity contribution in [2.24, 2.45) is 0 Å². The fourth-order valence-electron chi connectivity index (χ4n) is 1.06. The Morgan fingerprint density at radius 1 is 1.53 bits per heavy atom. The van der Waals surface area contributed by atoms with Crippen LogP contribution in [0.2, 0.25) is 0 Å². The highest BCUT2D eigenvalue weighted by Crippen LogP contribution is 1.89. The third-order valence-corrected chi connectivity index (χ3v) is 1.73. The fraction of sp³-hybridized carbons (Fsp3) is 0.500. The van der Waals surface area contributed by atoms with Crippen LogP contribution in [0.4, 0.5) is 0 Å². The topological polar surface area (TPSA) is 64.1 Å². The lowest BCUT2D eigenvalue weighted by molar-refractivity contribution is -0.142. The van der Waals surface area contributed by atoms with E-state index in [9.17, 15) is 4.79 Å². The molecule has 0 atom stereocenters. The first kappa shape index (κ1) is 11.6. The highest BCUT2D eigenvalue weighted by molar-refractivity contribution is 5.69. The summed E-state index contributed by atoms with van der Waals surface area (Å²) in [5.41, 5.74) is 0.862. The smallest absolute Gasteiger partial charge is 0.307 e. The molecule has 15 heavy (non-hydrogen) atoms. The van der Waals surface area contributed by atoms with Gasteiger partial charge < -0.3 is 10.1 Å². The van der Waals surface area contributed by atoms with Gasteiger partial charge in [0.05, 0.1) is 18.7 Å². The van der Waals surface area contributed by atoms with Crippen LogP contribution in [0.3, 0.4) is 0 Å². The first-order chi connectivity index (χ1) is 7.33. The van der Waals surface area contributed by atoms with Gasteiger partial charge in [-0.2, -0.15) is 0 Å². The number of nitrogens with one attached hydrogen (secondary N) is 1. The Bertz CT molecular complexity index is 290. The van der Waals surface area contributed by atoms with Crippen LogP contribution >= 0.6 is 0 Å². The minimum atomic E-state index is -0.177. The summed E-state index contributed by atoms with van der Waals surface area (Å²) >= 11 is 0. The molecule has 0 aliphatic carbocycles. The molecule has 0 saturated carbocycles. The molecule has 1 heterocycles. The molecule has 0 aliphatic heterocycles. The number of nitrogens with zero attached hydrogens (tertiary/aromatic N) is 2. The molecule has 1 N–H and O–H groups in total. The molecule has 0 saturated heterocycles. The lowest BCUT2D eigenvalue weighted by Gasteiger charge is -2.03. The van der Waals surface area contributed by atoms with Crippen molar-refractivity contribution < 1.29 is 9.53 Å². The molecule has 82 valence electrons. The van der Waals surface area contributed by atoms with Crippen LogP contribution in [0.5, 0.6) is 0 Å². The van der Waals surface area contributed by atoms with E-state index in [1.165, 1.54) is 0 Å². The van der Waals surface area contributed by atoms with Gasteiger partial charge in [0.1, 0.15) is 0 Å². The molecule has 0 radical (unpaired) electrons. The number of ether oxygens (including phenoxy) is 1. The molecular formula is C10H15N3O2. The molecule has 0 unspecified atom stereocenters. The summed E-state index contributed by atoms with van der Waals surface area (Å²) in [4.78, 5) is 19.0. The third-order valence-electron chi connectivity index (χ3n) is 1.73. The normalized spacial score (nSPS) is 9.93. The minimum Gasteiger partial charge on any atom is -0.466 e. The number of esters is 1. The zero-order chi connectivity index (χ0) is 10.9. The quantitative estimate of drug-likeness (QED) is 0.546. The molecule has 0 aliphatic rings. The summed E-state index contributed by atoms with van der Waals surface area (Å²) in [7, 11) is 0. The first-order valence-corrected chi connectivity index (χ1v) is 4.94. The summed E-state index contributed by atoms with van der Waals surface area (Å²) in [6.07, 6.45) is 5.34. The van der Waals surface area contributed by atoms with E-state index in [0.29, 0.717) is 26.1 Å². The highest BCUT2D eigenvalue weighted by atomic mass is 16.5. The summed E-state index contributed by atoms with van der Waals surface area (Å²) in [5, 5.41) is 3.09. The molecular weight excluding hydrogens is 194 g/mol. The Morgan fingerprint density at radius 2 is 2.40 bits per heavy atom. The van der Waals surface area contributed by atoms with E-state index in [0.717, 1.165) is 5.69 Å². The zero-order valence-corrected chi connectivity index (χ0v) is 8.77. The maximum absolute atomic E-state index is 11.0. The van der Waals surface area contributed by atoms with Crippen molar-refractivity contribution in [1.29, 1.82) is 0 Å². The van der Waals surface area contributed by atoms with Crippen molar-refractivity contribution in [1.82, 2.24) is 15.3 Å². The second kappa shape index (κ2) is 6.89. The number of carbonyl (C=O) groups is 1. The van der Waals surface area contributed by atoms with Crippen molar-refractivity contribution in [3.8, 4) is 0 Å². The largest absolute Gasteiger partial charge is 0.466 e. The molecule has 1 rings (SSSR count). The van der Waals surface area contributed by atoms with Gasteiger partial charge in [0.2, 0.25) is 0 Å². The molecule has 0 spiro atoms. The van der Waals surface area contributed by atoms with Crippen LogP contribution in [0.25, 0.3) is 0 Å². The van der Waals surface area contributed by atoms with E-state index in [1.54, 1.807) is 25.5 Å². The molecule has 0 fully saturated rings. The Morgan fingerprint density at radius 3 is 3.07 bits per heavy atom. The Hall–Kier alpha value is -1.49. The first-order valence-electron chi connectivity index (χ1n) is 4.94. The van der Waals surface area contributed by atoms with Crippen LogP contribution < -0.4 is 5.32 Å². The number of hydrogen-bond acceptors (Lipinski definition) is 5. The zero-order valence-electron chi connectivity index (χ0n) is 8.77. The lowest BCUT2D eigenvalue weighted by atomic mass is 10.4. The predicted octanol–water partition coefficient (Wildman–Crippen LogP) is 0.519. The summed E-state index contributed by atoms with van der Waals surface area (Å²) in [6.45, 7) is 3.44. The SMILES string of the molecule is CCOC(=O)CCNCc1cnccn1. The number of hydrogen-bond donors (Lipinski definition) is 1. The average molecular weight is 209 g/mol. The van der Waals surface area contributed by atoms with E-state index in [-0.39, 0.29) is 5.97 Å². The molecule has 0 aromatic carbocycles. The predicted molar refractivity (Wildman–Crippen MR) is 55.0 cm³/mol. The summed E-state index contributed by atoms with van der Waals surface area (Å²) in [5.74, 6) is -0.177. The van der Waals surface area contributed by atoms with Crippen LogP contribution in [0.1, 0.15) is 19.0 Å². The van der Waals surface area contributed by atoms with Gasteiger partial charge in [-0.25, -0.2) is 0 Å². The summed E-state index contributed by atoms with van der Waals surface area (Å²) < 4.78 is 4.79. The number of rotatable bonds is 6. The molecule has 0 amide bonds. The molecule has 1 aromatic rings. The van der Waals surface area contributed by atoms with Gasteiger partial charge in [0.15, 0.2) is 0 Å². The second-order valence-corrected chi connectivity index (χ2v) is 2.93. The Kier molecular flexibility index (Phi) is 5.32. The monoisotopic (exact) mass is 209 g/mol. The van der Waals surface area contributed by atoms with E-state index < -0.39 is 0 Å². The van der Waals surface area contributed by atoms with Crippen molar-refractivity contribution >= 4 is 5.97 Å². The Labute approximate surface area is 88.9 Å². The van der Waals surface area contributed by atoms with Gasteiger partial charge in [-0.1, -0.05) is 0 Å². The van der Waals surface area contributed by atoms with Crippen molar-refractivity contribution in [2.45, 2.75) is 19.9 Å². The molecule has 1 aromatic heterocycles. The standard InChI is InChI=1S/C10H15N3O2/c1-2-15-10(14)3-4-11-7-9-8-12-5-6-13-9/h5-6,8,11H,2-4,7H2,1H3. The Balaban J connectivity index is 2.10. The van der Waals surface area contributed by atoms with Gasteiger partial charge in [-0.3, -0.25) is 14.8 Å².